The molecule has 3 heteroatoms. The van der Waals surface area contributed by atoms with Crippen LogP contribution in [0.25, 0.3) is 11.1 Å². The third-order valence-corrected chi connectivity index (χ3v) is 2.37. The van der Waals surface area contributed by atoms with E-state index in [4.69, 9.17) is 16.7 Å². The van der Waals surface area contributed by atoms with E-state index in [-0.39, 0.29) is 5.56 Å². The fraction of sp³-hybridized carbons (Fsp3) is 0. The quantitative estimate of drug-likeness (QED) is 0.778. The summed E-state index contributed by atoms with van der Waals surface area (Å²) in [6.45, 7) is 0. The normalized spacial score (nSPS) is 10.4. The van der Waals surface area contributed by atoms with Crippen LogP contribution in [0.5, 0.6) is 0 Å². The number of aromatic carboxylic acids is 1. The van der Waals surface area contributed by atoms with E-state index in [1.807, 2.05) is 18.2 Å². The number of rotatable bonds is 1. The van der Waals surface area contributed by atoms with Crippen molar-refractivity contribution in [2.45, 2.75) is 0 Å². The summed E-state index contributed by atoms with van der Waals surface area (Å²) in [5.74, 6) is -0.990. The Bertz CT molecular complexity index is 465. The summed E-state index contributed by atoms with van der Waals surface area (Å²) in [6.07, 6.45) is 0. The minimum absolute atomic E-state index is 0.179. The van der Waals surface area contributed by atoms with Gasteiger partial charge in [-0.3, -0.25) is 0 Å². The lowest BCUT2D eigenvalue weighted by molar-refractivity contribution is 0.0698. The highest BCUT2D eigenvalue weighted by atomic mass is 35.5. The van der Waals surface area contributed by atoms with E-state index in [0.29, 0.717) is 10.6 Å². The van der Waals surface area contributed by atoms with Crippen LogP contribution in [0.4, 0.5) is 0 Å². The highest BCUT2D eigenvalue weighted by Gasteiger charge is 2.18. The van der Waals surface area contributed by atoms with Gasteiger partial charge in [-0.15, -0.1) is 0 Å². The molecule has 2 aliphatic carbocycles. The first kappa shape index (κ1) is 9.03. The minimum Gasteiger partial charge on any atom is -0.478 e. The lowest BCUT2D eigenvalue weighted by Gasteiger charge is -1.94. The summed E-state index contributed by atoms with van der Waals surface area (Å²) in [5, 5.41) is 9.24. The first-order chi connectivity index (χ1) is 6.70. The van der Waals surface area contributed by atoms with Gasteiger partial charge in [-0.2, -0.15) is 0 Å². The predicted octanol–water partition coefficient (Wildman–Crippen LogP) is 3.14. The van der Waals surface area contributed by atoms with Gasteiger partial charge in [-0.1, -0.05) is 41.9 Å². The first-order valence-electron chi connectivity index (χ1n) is 4.10. The lowest BCUT2D eigenvalue weighted by atomic mass is 10.1. The van der Waals surface area contributed by atoms with Gasteiger partial charge in [0.25, 0.3) is 0 Å². The fourth-order valence-corrected chi connectivity index (χ4v) is 1.77. The van der Waals surface area contributed by atoms with E-state index < -0.39 is 5.97 Å². The minimum atomic E-state index is -0.990. The molecule has 0 radical (unpaired) electrons. The molecular weight excluding hydrogens is 200 g/mol. The van der Waals surface area contributed by atoms with Crippen LogP contribution < -0.4 is 0 Å². The van der Waals surface area contributed by atoms with Crippen LogP contribution in [-0.2, 0) is 0 Å². The van der Waals surface area contributed by atoms with Gasteiger partial charge >= 0.3 is 5.97 Å². The van der Waals surface area contributed by atoms with Crippen molar-refractivity contribution in [2.24, 2.45) is 0 Å². The molecule has 2 nitrogen and oxygen atoms in total. The third kappa shape index (κ3) is 1.34. The molecule has 0 atom stereocenters. The third-order valence-electron chi connectivity index (χ3n) is 2.08. The van der Waals surface area contributed by atoms with Gasteiger partial charge in [0.05, 0.1) is 10.6 Å². The van der Waals surface area contributed by atoms with Crippen LogP contribution in [0.1, 0.15) is 10.4 Å². The van der Waals surface area contributed by atoms with Crippen molar-refractivity contribution in [1.29, 1.82) is 0 Å². The molecule has 1 N–H and O–H groups in total. The van der Waals surface area contributed by atoms with Crippen molar-refractivity contribution in [1.82, 2.24) is 0 Å². The smallest absolute Gasteiger partial charge is 0.337 e. The van der Waals surface area contributed by atoms with E-state index in [1.54, 1.807) is 18.2 Å². The summed E-state index contributed by atoms with van der Waals surface area (Å²) in [6, 6.07) is 10.8. The molecule has 0 bridgehead atoms. The highest BCUT2D eigenvalue weighted by molar-refractivity contribution is 6.35. The average Bonchev–Trinajstić information content (AvgIpc) is 2.31. The molecule has 2 rings (SSSR count). The molecule has 0 aromatic carbocycles. The topological polar surface area (TPSA) is 37.3 Å². The highest BCUT2D eigenvalue weighted by Crippen LogP contribution is 2.33. The average molecular weight is 207 g/mol. The molecule has 0 heterocycles. The number of carboxylic acids is 1. The second kappa shape index (κ2) is 3.31. The zero-order valence-electron chi connectivity index (χ0n) is 7.20. The van der Waals surface area contributed by atoms with E-state index in [0.717, 1.165) is 5.56 Å². The molecule has 0 aromatic heterocycles. The fourth-order valence-electron chi connectivity index (χ4n) is 1.47. The number of carboxylic acid groups (broad SMARTS) is 1. The van der Waals surface area contributed by atoms with Crippen LogP contribution in [0, 0.1) is 0 Å². The predicted molar refractivity (Wildman–Crippen MR) is 55.0 cm³/mol. The molecule has 0 saturated heterocycles. The Morgan fingerprint density at radius 3 is 2.64 bits per heavy atom. The summed E-state index contributed by atoms with van der Waals surface area (Å²) in [5.41, 5.74) is 1.70. The molecule has 0 unspecified atom stereocenters. The molecule has 0 aromatic rings. The second-order valence-electron chi connectivity index (χ2n) is 2.95. The van der Waals surface area contributed by atoms with Crippen molar-refractivity contribution in [2.75, 3.05) is 0 Å². The number of fused-ring (bicyclic) bond motifs is 1. The molecule has 70 valence electrons. The Morgan fingerprint density at radius 1 is 1.21 bits per heavy atom. The van der Waals surface area contributed by atoms with Crippen LogP contribution >= 0.6 is 11.6 Å². The van der Waals surface area contributed by atoms with E-state index in [9.17, 15) is 4.79 Å². The molecule has 14 heavy (non-hydrogen) atoms. The van der Waals surface area contributed by atoms with Crippen LogP contribution in [0.2, 0.25) is 5.02 Å². The van der Waals surface area contributed by atoms with Crippen molar-refractivity contribution in [3.05, 3.63) is 47.0 Å². The summed E-state index contributed by atoms with van der Waals surface area (Å²) in [4.78, 5) is 10.9. The lowest BCUT2D eigenvalue weighted by Crippen LogP contribution is -1.95. The van der Waals surface area contributed by atoms with Crippen LogP contribution in [0.15, 0.2) is 36.4 Å². The molecule has 0 amide bonds. The van der Waals surface area contributed by atoms with Gasteiger partial charge < -0.3 is 5.11 Å². The number of carbonyl (C=O) groups is 1. The number of hydrogen-bond donors (Lipinski definition) is 1. The second-order valence-corrected chi connectivity index (χ2v) is 3.36. The Hall–Kier alpha value is -1.54. The van der Waals surface area contributed by atoms with E-state index in [2.05, 4.69) is 0 Å². The molecule has 0 fully saturated rings. The molecule has 0 aliphatic heterocycles. The Balaban J connectivity index is 2.77. The monoisotopic (exact) mass is 206 g/mol. The summed E-state index contributed by atoms with van der Waals surface area (Å²) < 4.78 is 0. The van der Waals surface area contributed by atoms with Crippen LogP contribution in [-0.4, -0.2) is 11.1 Å². The summed E-state index contributed by atoms with van der Waals surface area (Å²) >= 11 is 5.82. The van der Waals surface area contributed by atoms with Crippen LogP contribution in [0.3, 0.4) is 0 Å². The zero-order valence-corrected chi connectivity index (χ0v) is 7.95. The van der Waals surface area contributed by atoms with Gasteiger partial charge in [0.15, 0.2) is 0 Å². The standard InChI is InChI=1S/C11H7ClO2/c12-9-6-7-4-2-1-3-5-8(7)10(9)11(13)14/h1-6H,(H,13,14). The first-order valence-corrected chi connectivity index (χ1v) is 4.48. The molecule has 0 spiro atoms. The Labute approximate surface area is 86.1 Å². The molecule has 2 aliphatic rings. The Morgan fingerprint density at radius 2 is 1.93 bits per heavy atom. The molecule has 0 saturated carbocycles. The van der Waals surface area contributed by atoms with E-state index >= 15 is 0 Å². The maximum atomic E-state index is 10.9. The van der Waals surface area contributed by atoms with Gasteiger partial charge in [0, 0.05) is 0 Å². The van der Waals surface area contributed by atoms with Crippen molar-refractivity contribution in [3.63, 3.8) is 0 Å². The number of halogens is 1. The Kier molecular flexibility index (Phi) is 2.14. The van der Waals surface area contributed by atoms with Crippen molar-refractivity contribution in [3.8, 4) is 11.1 Å². The zero-order chi connectivity index (χ0) is 10.1. The summed E-state index contributed by atoms with van der Waals surface area (Å²) in [7, 11) is 0. The SMILES string of the molecule is O=C(O)c1c(Cl)cc2cccccc1-2. The maximum absolute atomic E-state index is 10.9. The number of hydrogen-bond acceptors (Lipinski definition) is 1. The molecular formula is C11H7ClO2. The van der Waals surface area contributed by atoms with Gasteiger partial charge in [0.2, 0.25) is 0 Å². The van der Waals surface area contributed by atoms with Gasteiger partial charge in [0.1, 0.15) is 0 Å². The van der Waals surface area contributed by atoms with Gasteiger partial charge in [-0.25, -0.2) is 4.79 Å². The maximum Gasteiger partial charge on any atom is 0.337 e. The van der Waals surface area contributed by atoms with E-state index in [1.165, 1.54) is 0 Å². The van der Waals surface area contributed by atoms with Crippen molar-refractivity contribution >= 4 is 17.6 Å². The largest absolute Gasteiger partial charge is 0.478 e. The van der Waals surface area contributed by atoms with Crippen molar-refractivity contribution < 1.29 is 9.90 Å². The van der Waals surface area contributed by atoms with Gasteiger partial charge in [-0.05, 0) is 17.2 Å².